The first-order chi connectivity index (χ1) is 10.4. The minimum absolute atomic E-state index is 0. The number of hydrogen-bond donors (Lipinski definition) is 1. The zero-order chi connectivity index (χ0) is 15.8. The van der Waals surface area contributed by atoms with Gasteiger partial charge >= 0.3 is 0 Å². The maximum Gasteiger partial charge on any atom is 0.270 e. The second kappa shape index (κ2) is 6.72. The molecule has 2 fully saturated rings. The number of hydrogen-bond acceptors (Lipinski definition) is 5. The average molecular weight is 362 g/mol. The number of nitro groups is 1. The van der Waals surface area contributed by atoms with Crippen molar-refractivity contribution < 1.29 is 13.3 Å². The van der Waals surface area contributed by atoms with Crippen LogP contribution in [0.25, 0.3) is 0 Å². The number of nitrogens with one attached hydrogen (secondary N) is 1. The van der Waals surface area contributed by atoms with Crippen molar-refractivity contribution >= 4 is 28.1 Å². The fourth-order valence-corrected chi connectivity index (χ4v) is 4.96. The van der Waals surface area contributed by atoms with Crippen LogP contribution in [0.3, 0.4) is 0 Å². The average Bonchev–Trinajstić information content (AvgIpc) is 2.92. The highest BCUT2D eigenvalue weighted by Gasteiger charge is 2.43. The summed E-state index contributed by atoms with van der Waals surface area (Å²) in [4.78, 5) is 10.3. The molecule has 1 spiro atoms. The third kappa shape index (κ3) is 3.50. The van der Waals surface area contributed by atoms with Crippen LogP contribution in [0.2, 0.25) is 0 Å². The number of benzene rings is 1. The van der Waals surface area contributed by atoms with Gasteiger partial charge in [0.15, 0.2) is 0 Å². The van der Waals surface area contributed by atoms with Crippen LogP contribution in [0.15, 0.2) is 29.2 Å². The minimum Gasteiger partial charge on any atom is -0.317 e. The number of rotatable bonds is 3. The van der Waals surface area contributed by atoms with Crippen LogP contribution in [0.5, 0.6) is 0 Å². The predicted molar refractivity (Wildman–Crippen MR) is 88.3 cm³/mol. The molecule has 2 heterocycles. The van der Waals surface area contributed by atoms with E-state index < -0.39 is 14.9 Å². The van der Waals surface area contributed by atoms with Crippen molar-refractivity contribution in [3.05, 3.63) is 34.4 Å². The van der Waals surface area contributed by atoms with Crippen LogP contribution < -0.4 is 5.32 Å². The number of nitro benzene ring substituents is 1. The lowest BCUT2D eigenvalue weighted by atomic mass is 9.78. The van der Waals surface area contributed by atoms with Crippen molar-refractivity contribution in [3.8, 4) is 0 Å². The van der Waals surface area contributed by atoms with Crippen LogP contribution in [0, 0.1) is 15.5 Å². The fourth-order valence-electron chi connectivity index (χ4n) is 3.37. The number of non-ortho nitro benzene ring substituents is 1. The summed E-state index contributed by atoms with van der Waals surface area (Å²) in [6.07, 6.45) is 2.82. The van der Waals surface area contributed by atoms with Crippen LogP contribution >= 0.6 is 12.4 Å². The number of nitrogens with zero attached hydrogens (tertiary/aromatic N) is 2. The van der Waals surface area contributed by atoms with Crippen LogP contribution in [-0.2, 0) is 10.0 Å². The van der Waals surface area contributed by atoms with E-state index in [0.717, 1.165) is 38.4 Å². The van der Waals surface area contributed by atoms with Gasteiger partial charge in [-0.3, -0.25) is 10.1 Å². The Labute approximate surface area is 141 Å². The van der Waals surface area contributed by atoms with Gasteiger partial charge in [0, 0.05) is 25.2 Å². The van der Waals surface area contributed by atoms with Crippen molar-refractivity contribution in [1.82, 2.24) is 9.62 Å². The second-order valence-electron chi connectivity index (χ2n) is 6.09. The molecule has 0 radical (unpaired) electrons. The van der Waals surface area contributed by atoms with Gasteiger partial charge in [-0.2, -0.15) is 4.31 Å². The van der Waals surface area contributed by atoms with E-state index in [1.54, 1.807) is 0 Å². The molecule has 0 amide bonds. The molecule has 1 N–H and O–H groups in total. The van der Waals surface area contributed by atoms with E-state index in [1.807, 2.05) is 0 Å². The molecule has 0 aliphatic carbocycles. The Kier molecular flexibility index (Phi) is 5.30. The Balaban J connectivity index is 0.00000192. The Morgan fingerprint density at radius 2 is 1.91 bits per heavy atom. The smallest absolute Gasteiger partial charge is 0.270 e. The monoisotopic (exact) mass is 361 g/mol. The molecule has 0 aromatic heterocycles. The third-order valence-electron chi connectivity index (χ3n) is 4.73. The first-order valence-electron chi connectivity index (χ1n) is 7.38. The number of sulfonamides is 1. The van der Waals surface area contributed by atoms with Crippen molar-refractivity contribution in [2.45, 2.75) is 24.2 Å². The van der Waals surface area contributed by atoms with Gasteiger partial charge < -0.3 is 5.32 Å². The minimum atomic E-state index is -3.66. The standard InChI is InChI=1S/C14H19N3O4S.ClH/c18-17(19)12-2-1-3-13(10-12)22(20,21)16-9-6-14(11-16)4-7-15-8-5-14;/h1-3,10,15H,4-9,11H2;1H. The van der Waals surface area contributed by atoms with E-state index in [-0.39, 0.29) is 28.4 Å². The van der Waals surface area contributed by atoms with E-state index in [9.17, 15) is 18.5 Å². The highest BCUT2D eigenvalue weighted by atomic mass is 35.5. The summed E-state index contributed by atoms with van der Waals surface area (Å²) in [7, 11) is -3.66. The summed E-state index contributed by atoms with van der Waals surface area (Å²) in [6, 6.07) is 5.29. The lowest BCUT2D eigenvalue weighted by molar-refractivity contribution is -0.385. The Morgan fingerprint density at radius 1 is 1.22 bits per heavy atom. The maximum atomic E-state index is 12.7. The SMILES string of the molecule is Cl.O=[N+]([O-])c1cccc(S(=O)(=O)N2CCC3(CCNCC3)C2)c1. The predicted octanol–water partition coefficient (Wildman–Crippen LogP) is 1.78. The molecule has 0 atom stereocenters. The number of halogens is 1. The molecule has 23 heavy (non-hydrogen) atoms. The van der Waals surface area contributed by atoms with E-state index in [2.05, 4.69) is 5.32 Å². The van der Waals surface area contributed by atoms with Gasteiger partial charge in [0.1, 0.15) is 0 Å². The zero-order valence-electron chi connectivity index (χ0n) is 12.6. The van der Waals surface area contributed by atoms with E-state index in [1.165, 1.54) is 22.5 Å². The van der Waals surface area contributed by atoms with E-state index in [4.69, 9.17) is 0 Å². The molecule has 0 saturated carbocycles. The molecule has 0 bridgehead atoms. The largest absolute Gasteiger partial charge is 0.317 e. The summed E-state index contributed by atoms with van der Waals surface area (Å²) in [5.41, 5.74) is -0.129. The molecule has 0 unspecified atom stereocenters. The second-order valence-corrected chi connectivity index (χ2v) is 8.03. The highest BCUT2D eigenvalue weighted by Crippen LogP contribution is 2.40. The highest BCUT2D eigenvalue weighted by molar-refractivity contribution is 7.89. The van der Waals surface area contributed by atoms with Gasteiger partial charge in [-0.15, -0.1) is 12.4 Å². The summed E-state index contributed by atoms with van der Waals surface area (Å²) in [5.74, 6) is 0. The Morgan fingerprint density at radius 3 is 2.57 bits per heavy atom. The molecular formula is C14H20ClN3O4S. The summed E-state index contributed by atoms with van der Waals surface area (Å²) in [5, 5.41) is 14.1. The first-order valence-corrected chi connectivity index (χ1v) is 8.82. The van der Waals surface area contributed by atoms with Crippen LogP contribution in [-0.4, -0.2) is 43.8 Å². The fraction of sp³-hybridized carbons (Fsp3) is 0.571. The molecule has 128 valence electrons. The van der Waals surface area contributed by atoms with Crippen molar-refractivity contribution in [1.29, 1.82) is 0 Å². The lowest BCUT2D eigenvalue weighted by Crippen LogP contribution is -2.39. The van der Waals surface area contributed by atoms with E-state index in [0.29, 0.717) is 13.1 Å². The molecule has 9 heteroatoms. The summed E-state index contributed by atoms with van der Waals surface area (Å²) >= 11 is 0. The molecular weight excluding hydrogens is 342 g/mol. The van der Waals surface area contributed by atoms with Gasteiger partial charge in [0.2, 0.25) is 10.0 Å². The number of piperidine rings is 1. The summed E-state index contributed by atoms with van der Waals surface area (Å²) in [6.45, 7) is 2.85. The van der Waals surface area contributed by atoms with Gasteiger partial charge in [-0.1, -0.05) is 6.07 Å². The van der Waals surface area contributed by atoms with Gasteiger partial charge in [0.25, 0.3) is 5.69 Å². The molecule has 2 aliphatic rings. The lowest BCUT2D eigenvalue weighted by Gasteiger charge is -2.33. The first kappa shape index (κ1) is 18.1. The maximum absolute atomic E-state index is 12.7. The topological polar surface area (TPSA) is 92.5 Å². The quantitative estimate of drug-likeness (QED) is 0.654. The molecule has 1 aromatic carbocycles. The molecule has 1 aromatic rings. The summed E-state index contributed by atoms with van der Waals surface area (Å²) < 4.78 is 26.9. The van der Waals surface area contributed by atoms with Crippen molar-refractivity contribution in [2.24, 2.45) is 5.41 Å². The molecule has 2 aliphatic heterocycles. The van der Waals surface area contributed by atoms with Crippen LogP contribution in [0.1, 0.15) is 19.3 Å². The van der Waals surface area contributed by atoms with Gasteiger partial charge in [-0.25, -0.2) is 8.42 Å². The van der Waals surface area contributed by atoms with Gasteiger partial charge in [0.05, 0.1) is 9.82 Å². The van der Waals surface area contributed by atoms with Crippen LogP contribution in [0.4, 0.5) is 5.69 Å². The Hall–Kier alpha value is -1.22. The zero-order valence-corrected chi connectivity index (χ0v) is 14.2. The van der Waals surface area contributed by atoms with Crippen molar-refractivity contribution in [2.75, 3.05) is 26.2 Å². The molecule has 2 saturated heterocycles. The molecule has 7 nitrogen and oxygen atoms in total. The van der Waals surface area contributed by atoms with Crippen molar-refractivity contribution in [3.63, 3.8) is 0 Å². The van der Waals surface area contributed by atoms with Gasteiger partial charge in [-0.05, 0) is 43.8 Å². The van der Waals surface area contributed by atoms with E-state index >= 15 is 0 Å². The molecule has 3 rings (SSSR count). The normalized spacial score (nSPS) is 21.0. The Bertz CT molecular complexity index is 689. The third-order valence-corrected chi connectivity index (χ3v) is 6.57.